The topological polar surface area (TPSA) is 71.8 Å². The van der Waals surface area contributed by atoms with Crippen LogP contribution < -0.4 is 5.73 Å². The van der Waals surface area contributed by atoms with Crippen LogP contribution in [-0.4, -0.2) is 22.5 Å². The van der Waals surface area contributed by atoms with E-state index in [1.54, 1.807) is 12.3 Å². The molecule has 10 heavy (non-hydrogen) atoms. The van der Waals surface area contributed by atoms with E-state index in [-0.39, 0.29) is 0 Å². The van der Waals surface area contributed by atoms with Gasteiger partial charge >= 0.3 is 0 Å². The Morgan fingerprint density at radius 2 is 2.70 bits per heavy atom. The summed E-state index contributed by atoms with van der Waals surface area (Å²) in [4.78, 5) is 10.1. The van der Waals surface area contributed by atoms with Gasteiger partial charge in [-0.2, -0.15) is 5.10 Å². The number of hydrogen-bond acceptors (Lipinski definition) is 3. The van der Waals surface area contributed by atoms with Gasteiger partial charge in [-0.25, -0.2) is 0 Å². The number of hydrogen-bond donors (Lipinski definition) is 2. The van der Waals surface area contributed by atoms with Gasteiger partial charge in [0.2, 0.25) is 0 Å². The molecule has 1 atom stereocenters. The summed E-state index contributed by atoms with van der Waals surface area (Å²) in [7, 11) is 0. The first-order valence-electron chi connectivity index (χ1n) is 3.02. The maximum atomic E-state index is 10.1. The number of carbonyl (C=O) groups is 1. The molecule has 0 unspecified atom stereocenters. The van der Waals surface area contributed by atoms with E-state index in [9.17, 15) is 4.79 Å². The van der Waals surface area contributed by atoms with E-state index in [2.05, 4.69) is 10.2 Å². The molecule has 0 saturated carbocycles. The zero-order valence-electron chi connectivity index (χ0n) is 5.45. The van der Waals surface area contributed by atoms with Crippen LogP contribution in [0.5, 0.6) is 0 Å². The summed E-state index contributed by atoms with van der Waals surface area (Å²) >= 11 is 0. The summed E-state index contributed by atoms with van der Waals surface area (Å²) in [6, 6.07) is 1.37. The van der Waals surface area contributed by atoms with Crippen LogP contribution in [0.2, 0.25) is 0 Å². The van der Waals surface area contributed by atoms with Crippen LogP contribution in [-0.2, 0) is 11.2 Å². The fourth-order valence-electron chi connectivity index (χ4n) is 0.694. The van der Waals surface area contributed by atoms with Crippen LogP contribution in [0.15, 0.2) is 12.3 Å². The van der Waals surface area contributed by atoms with Crippen LogP contribution in [0, 0.1) is 0 Å². The van der Waals surface area contributed by atoms with Gasteiger partial charge in [0.05, 0.1) is 11.7 Å². The molecular formula is C6H9N3O. The Bertz CT molecular complexity index is 195. The van der Waals surface area contributed by atoms with Crippen molar-refractivity contribution in [1.29, 1.82) is 0 Å². The molecule has 0 bridgehead atoms. The van der Waals surface area contributed by atoms with Crippen molar-refractivity contribution in [1.82, 2.24) is 10.2 Å². The van der Waals surface area contributed by atoms with Gasteiger partial charge in [0.1, 0.15) is 6.29 Å². The number of carbonyl (C=O) groups excluding carboxylic acids is 1. The van der Waals surface area contributed by atoms with Crippen molar-refractivity contribution < 1.29 is 4.79 Å². The lowest BCUT2D eigenvalue weighted by atomic mass is 10.2. The van der Waals surface area contributed by atoms with Gasteiger partial charge in [0.25, 0.3) is 0 Å². The highest BCUT2D eigenvalue weighted by Crippen LogP contribution is 1.93. The Morgan fingerprint density at radius 1 is 1.90 bits per heavy atom. The van der Waals surface area contributed by atoms with Gasteiger partial charge < -0.3 is 10.5 Å². The molecule has 0 radical (unpaired) electrons. The maximum absolute atomic E-state index is 10.1. The van der Waals surface area contributed by atoms with Crippen molar-refractivity contribution >= 4 is 6.29 Å². The monoisotopic (exact) mass is 139 g/mol. The normalized spacial score (nSPS) is 12.9. The van der Waals surface area contributed by atoms with E-state index in [0.29, 0.717) is 12.7 Å². The van der Waals surface area contributed by atoms with Gasteiger partial charge in [-0.05, 0) is 6.07 Å². The summed E-state index contributed by atoms with van der Waals surface area (Å²) in [5.74, 6) is 0. The molecule has 3 N–H and O–H groups in total. The van der Waals surface area contributed by atoms with Crippen molar-refractivity contribution in [2.45, 2.75) is 12.5 Å². The zero-order chi connectivity index (χ0) is 7.40. The van der Waals surface area contributed by atoms with Crippen LogP contribution >= 0.6 is 0 Å². The van der Waals surface area contributed by atoms with E-state index in [0.717, 1.165) is 5.69 Å². The van der Waals surface area contributed by atoms with Crippen LogP contribution in [0.1, 0.15) is 5.69 Å². The molecule has 0 aliphatic heterocycles. The molecule has 54 valence electrons. The van der Waals surface area contributed by atoms with Crippen molar-refractivity contribution in [3.05, 3.63) is 18.0 Å². The first-order valence-corrected chi connectivity index (χ1v) is 3.02. The van der Waals surface area contributed by atoms with Gasteiger partial charge in [0, 0.05) is 12.6 Å². The molecule has 1 rings (SSSR count). The number of nitrogens with zero attached hydrogens (tertiary/aromatic N) is 1. The van der Waals surface area contributed by atoms with Gasteiger partial charge in [-0.3, -0.25) is 5.10 Å². The Morgan fingerprint density at radius 3 is 3.20 bits per heavy atom. The summed E-state index contributed by atoms with van der Waals surface area (Å²) in [5, 5.41) is 6.48. The molecule has 4 heteroatoms. The molecule has 1 heterocycles. The molecule has 4 nitrogen and oxygen atoms in total. The van der Waals surface area contributed by atoms with Crippen LogP contribution in [0.3, 0.4) is 0 Å². The van der Waals surface area contributed by atoms with Crippen LogP contribution in [0.25, 0.3) is 0 Å². The van der Waals surface area contributed by atoms with E-state index >= 15 is 0 Å². The summed E-state index contributed by atoms with van der Waals surface area (Å²) in [6.07, 6.45) is 2.93. The summed E-state index contributed by atoms with van der Waals surface area (Å²) < 4.78 is 0. The third kappa shape index (κ3) is 1.66. The molecule has 0 amide bonds. The number of nitrogens with two attached hydrogens (primary N) is 1. The lowest BCUT2D eigenvalue weighted by molar-refractivity contribution is -0.108. The second-order valence-corrected chi connectivity index (χ2v) is 2.07. The second kappa shape index (κ2) is 3.12. The average molecular weight is 139 g/mol. The minimum atomic E-state index is -0.428. The van der Waals surface area contributed by atoms with E-state index in [1.807, 2.05) is 0 Å². The number of H-pyrrole nitrogens is 1. The van der Waals surface area contributed by atoms with Crippen molar-refractivity contribution in [3.8, 4) is 0 Å². The number of aldehydes is 1. The standard InChI is InChI=1S/C6H9N3O/c7-5(4-10)3-6-1-2-8-9-6/h1-2,4-5H,3,7H2,(H,8,9)/t5-/m1/s1. The molecule has 0 spiro atoms. The largest absolute Gasteiger partial charge is 0.321 e. The summed E-state index contributed by atoms with van der Waals surface area (Å²) in [6.45, 7) is 0. The predicted molar refractivity (Wildman–Crippen MR) is 36.3 cm³/mol. The number of rotatable bonds is 3. The van der Waals surface area contributed by atoms with Crippen molar-refractivity contribution in [2.24, 2.45) is 5.73 Å². The van der Waals surface area contributed by atoms with Crippen molar-refractivity contribution in [3.63, 3.8) is 0 Å². The van der Waals surface area contributed by atoms with Gasteiger partial charge in [-0.15, -0.1) is 0 Å². The smallest absolute Gasteiger partial charge is 0.137 e. The second-order valence-electron chi connectivity index (χ2n) is 2.07. The molecule has 1 aromatic heterocycles. The highest BCUT2D eigenvalue weighted by Gasteiger charge is 2.01. The predicted octanol–water partition coefficient (Wildman–Crippen LogP) is -0.522. The molecule has 1 aromatic rings. The molecule has 0 aliphatic carbocycles. The first-order chi connectivity index (χ1) is 4.83. The lowest BCUT2D eigenvalue weighted by Crippen LogP contribution is -2.24. The van der Waals surface area contributed by atoms with Gasteiger partial charge in [-0.1, -0.05) is 0 Å². The fraction of sp³-hybridized carbons (Fsp3) is 0.333. The number of aromatic amines is 1. The Labute approximate surface area is 58.4 Å². The fourth-order valence-corrected chi connectivity index (χ4v) is 0.694. The zero-order valence-corrected chi connectivity index (χ0v) is 5.45. The average Bonchev–Trinajstić information content (AvgIpc) is 2.40. The number of nitrogens with one attached hydrogen (secondary N) is 1. The Kier molecular flexibility index (Phi) is 2.17. The first kappa shape index (κ1) is 6.95. The maximum Gasteiger partial charge on any atom is 0.137 e. The molecule has 0 aromatic carbocycles. The molecule has 0 aliphatic rings. The molecule has 0 fully saturated rings. The van der Waals surface area contributed by atoms with Crippen LogP contribution in [0.4, 0.5) is 0 Å². The van der Waals surface area contributed by atoms with E-state index < -0.39 is 6.04 Å². The minimum Gasteiger partial charge on any atom is -0.321 e. The quantitative estimate of drug-likeness (QED) is 0.553. The van der Waals surface area contributed by atoms with E-state index in [1.165, 1.54) is 0 Å². The number of aromatic nitrogens is 2. The third-order valence-corrected chi connectivity index (χ3v) is 1.18. The molecular weight excluding hydrogens is 130 g/mol. The highest BCUT2D eigenvalue weighted by atomic mass is 16.1. The minimum absolute atomic E-state index is 0.428. The Hall–Kier alpha value is -1.16. The third-order valence-electron chi connectivity index (χ3n) is 1.18. The van der Waals surface area contributed by atoms with Gasteiger partial charge in [0.15, 0.2) is 0 Å². The van der Waals surface area contributed by atoms with Crippen molar-refractivity contribution in [2.75, 3.05) is 0 Å². The SMILES string of the molecule is N[C@@H](C=O)Cc1cc[nH]n1. The lowest BCUT2D eigenvalue weighted by Gasteiger charge is -1.97. The van der Waals surface area contributed by atoms with E-state index in [4.69, 9.17) is 5.73 Å². The highest BCUT2D eigenvalue weighted by molar-refractivity contribution is 5.57. The molecule has 0 saturated heterocycles. The summed E-state index contributed by atoms with van der Waals surface area (Å²) in [5.41, 5.74) is 6.16. The Balaban J connectivity index is 2.47.